The van der Waals surface area contributed by atoms with Crippen molar-refractivity contribution in [2.75, 3.05) is 13.1 Å². The van der Waals surface area contributed by atoms with Gasteiger partial charge >= 0.3 is 0 Å². The second-order valence-electron chi connectivity index (χ2n) is 5.25. The molecule has 1 aromatic heterocycles. The maximum Gasteiger partial charge on any atom is 0.245 e. The second kappa shape index (κ2) is 5.42. The van der Waals surface area contributed by atoms with E-state index in [1.54, 1.807) is 15.8 Å². The van der Waals surface area contributed by atoms with Crippen LogP contribution in [0.25, 0.3) is 0 Å². The Kier molecular flexibility index (Phi) is 3.87. The first kappa shape index (κ1) is 13.6. The van der Waals surface area contributed by atoms with Crippen LogP contribution in [0.3, 0.4) is 0 Å². The minimum atomic E-state index is -0.396. The largest absolute Gasteiger partial charge is 0.343 e. The molecule has 2 heterocycles. The number of carbonyl (C=O) groups excluding carboxylic acids is 2. The second-order valence-corrected chi connectivity index (χ2v) is 5.25. The Bertz CT molecular complexity index is 481. The molecule has 104 valence electrons. The van der Waals surface area contributed by atoms with Gasteiger partial charge in [0.15, 0.2) is 0 Å². The number of aryl methyl sites for hydroxylation is 1. The molecular weight excluding hydrogens is 244 g/mol. The van der Waals surface area contributed by atoms with Gasteiger partial charge in [-0.25, -0.2) is 0 Å². The van der Waals surface area contributed by atoms with Crippen LogP contribution in [0, 0.1) is 5.92 Å². The van der Waals surface area contributed by atoms with Crippen LogP contribution in [0.15, 0.2) is 12.3 Å². The molecule has 2 amide bonds. The van der Waals surface area contributed by atoms with Crippen molar-refractivity contribution >= 4 is 11.8 Å². The van der Waals surface area contributed by atoms with Crippen molar-refractivity contribution in [3.63, 3.8) is 0 Å². The highest BCUT2D eigenvalue weighted by molar-refractivity contribution is 5.94. The van der Waals surface area contributed by atoms with Gasteiger partial charge in [-0.05, 0) is 12.0 Å². The summed E-state index contributed by atoms with van der Waals surface area (Å²) in [6.07, 6.45) is 2.44. The number of nitrogens with zero attached hydrogens (tertiary/aromatic N) is 3. The lowest BCUT2D eigenvalue weighted by Gasteiger charge is -2.34. The highest BCUT2D eigenvalue weighted by Gasteiger charge is 2.34. The van der Waals surface area contributed by atoms with E-state index in [4.69, 9.17) is 0 Å². The van der Waals surface area contributed by atoms with Gasteiger partial charge in [0, 0.05) is 31.9 Å². The molecular formula is C13H20N4O2. The number of hydrogen-bond acceptors (Lipinski definition) is 3. The molecule has 1 aliphatic rings. The third-order valence-corrected chi connectivity index (χ3v) is 3.46. The summed E-state index contributed by atoms with van der Waals surface area (Å²) in [6, 6.07) is 1.53. The number of carbonyl (C=O) groups is 2. The third kappa shape index (κ3) is 2.94. The summed E-state index contributed by atoms with van der Waals surface area (Å²) in [7, 11) is 1.87. The Balaban J connectivity index is 2.01. The van der Waals surface area contributed by atoms with E-state index in [9.17, 15) is 9.59 Å². The van der Waals surface area contributed by atoms with Gasteiger partial charge < -0.3 is 10.2 Å². The number of nitrogens with one attached hydrogen (secondary N) is 1. The van der Waals surface area contributed by atoms with Gasteiger partial charge in [0.1, 0.15) is 6.04 Å². The summed E-state index contributed by atoms with van der Waals surface area (Å²) >= 11 is 0. The molecule has 0 radical (unpaired) electrons. The summed E-state index contributed by atoms with van der Waals surface area (Å²) in [5.74, 6) is 0.0380. The average Bonchev–Trinajstić information content (AvgIpc) is 2.75. The fraction of sp³-hybridized carbons (Fsp3) is 0.615. The number of rotatable bonds is 4. The Labute approximate surface area is 112 Å². The first-order valence-electron chi connectivity index (χ1n) is 6.54. The summed E-state index contributed by atoms with van der Waals surface area (Å²) in [4.78, 5) is 25.5. The molecule has 1 unspecified atom stereocenters. The lowest BCUT2D eigenvalue weighted by molar-refractivity contribution is -0.145. The van der Waals surface area contributed by atoms with Crippen molar-refractivity contribution < 1.29 is 9.59 Å². The normalized spacial score (nSPS) is 20.0. The van der Waals surface area contributed by atoms with Crippen LogP contribution in [-0.2, 0) is 23.1 Å². The van der Waals surface area contributed by atoms with Crippen LogP contribution in [0.5, 0.6) is 0 Å². The topological polar surface area (TPSA) is 67.2 Å². The number of piperazine rings is 1. The SMILES string of the molecule is CC(C)C1NC(=O)CN(CCc2ccnn2C)C1=O. The molecule has 2 rings (SSSR count). The first-order valence-corrected chi connectivity index (χ1v) is 6.54. The van der Waals surface area contributed by atoms with Gasteiger partial charge in [-0.1, -0.05) is 13.8 Å². The van der Waals surface area contributed by atoms with Crippen LogP contribution in [0.2, 0.25) is 0 Å². The molecule has 0 bridgehead atoms. The van der Waals surface area contributed by atoms with Crippen LogP contribution in [0.1, 0.15) is 19.5 Å². The van der Waals surface area contributed by atoms with E-state index in [0.717, 1.165) is 5.69 Å². The van der Waals surface area contributed by atoms with Crippen LogP contribution in [-0.4, -0.2) is 45.6 Å². The minimum Gasteiger partial charge on any atom is -0.343 e. The van der Waals surface area contributed by atoms with Gasteiger partial charge in [0.2, 0.25) is 11.8 Å². The predicted octanol–water partition coefficient (Wildman–Crippen LogP) is -0.0544. The van der Waals surface area contributed by atoms with Crippen molar-refractivity contribution in [1.82, 2.24) is 20.0 Å². The minimum absolute atomic E-state index is 0.0109. The van der Waals surface area contributed by atoms with Crippen LogP contribution in [0.4, 0.5) is 0 Å². The van der Waals surface area contributed by atoms with Crippen molar-refractivity contribution in [3.05, 3.63) is 18.0 Å². The molecule has 1 fully saturated rings. The van der Waals surface area contributed by atoms with Gasteiger partial charge in [-0.3, -0.25) is 14.3 Å². The van der Waals surface area contributed by atoms with Crippen LogP contribution < -0.4 is 5.32 Å². The average molecular weight is 264 g/mol. The van der Waals surface area contributed by atoms with E-state index in [2.05, 4.69) is 10.4 Å². The molecule has 1 atom stereocenters. The highest BCUT2D eigenvalue weighted by Crippen LogP contribution is 2.11. The zero-order valence-electron chi connectivity index (χ0n) is 11.6. The number of hydrogen-bond donors (Lipinski definition) is 1. The van der Waals surface area contributed by atoms with Gasteiger partial charge in [0.25, 0.3) is 0 Å². The standard InChI is InChI=1S/C13H20N4O2/c1-9(2)12-13(19)17(8-11(18)15-12)7-5-10-4-6-14-16(10)3/h4,6,9,12H,5,7-8H2,1-3H3,(H,15,18). The zero-order chi connectivity index (χ0) is 14.0. The number of aromatic nitrogens is 2. The van der Waals surface area contributed by atoms with Crippen molar-refractivity contribution in [2.24, 2.45) is 13.0 Å². The molecule has 0 spiro atoms. The summed E-state index contributed by atoms with van der Waals surface area (Å²) < 4.78 is 1.79. The van der Waals surface area contributed by atoms with Crippen molar-refractivity contribution in [2.45, 2.75) is 26.3 Å². The third-order valence-electron chi connectivity index (χ3n) is 3.46. The predicted molar refractivity (Wildman–Crippen MR) is 70.3 cm³/mol. The summed E-state index contributed by atoms with van der Waals surface area (Å²) in [6.45, 7) is 4.58. The quantitative estimate of drug-likeness (QED) is 0.829. The lowest BCUT2D eigenvalue weighted by atomic mass is 10.0. The van der Waals surface area contributed by atoms with E-state index in [1.807, 2.05) is 27.0 Å². The molecule has 6 nitrogen and oxygen atoms in total. The van der Waals surface area contributed by atoms with E-state index in [0.29, 0.717) is 13.0 Å². The Morgan fingerprint density at radius 3 is 2.79 bits per heavy atom. The Morgan fingerprint density at radius 2 is 2.21 bits per heavy atom. The van der Waals surface area contributed by atoms with E-state index < -0.39 is 6.04 Å². The van der Waals surface area contributed by atoms with Gasteiger partial charge in [0.05, 0.1) is 6.54 Å². The first-order chi connectivity index (χ1) is 8.99. The molecule has 0 aliphatic carbocycles. The molecule has 1 aromatic rings. The molecule has 0 saturated carbocycles. The molecule has 1 aliphatic heterocycles. The summed E-state index contributed by atoms with van der Waals surface area (Å²) in [5.41, 5.74) is 1.06. The van der Waals surface area contributed by atoms with Gasteiger partial charge in [-0.15, -0.1) is 0 Å². The molecule has 19 heavy (non-hydrogen) atoms. The molecule has 6 heteroatoms. The van der Waals surface area contributed by atoms with Crippen LogP contribution >= 0.6 is 0 Å². The summed E-state index contributed by atoms with van der Waals surface area (Å²) in [5, 5.41) is 6.84. The lowest BCUT2D eigenvalue weighted by Crippen LogP contribution is -2.60. The van der Waals surface area contributed by atoms with E-state index >= 15 is 0 Å². The van der Waals surface area contributed by atoms with E-state index in [1.165, 1.54) is 0 Å². The Hall–Kier alpha value is -1.85. The zero-order valence-corrected chi connectivity index (χ0v) is 11.6. The van der Waals surface area contributed by atoms with Crippen molar-refractivity contribution in [3.8, 4) is 0 Å². The fourth-order valence-corrected chi connectivity index (χ4v) is 2.27. The number of amides is 2. The maximum atomic E-state index is 12.2. The molecule has 1 N–H and O–H groups in total. The monoisotopic (exact) mass is 264 g/mol. The fourth-order valence-electron chi connectivity index (χ4n) is 2.27. The highest BCUT2D eigenvalue weighted by atomic mass is 16.2. The van der Waals surface area contributed by atoms with Gasteiger partial charge in [-0.2, -0.15) is 5.10 Å². The smallest absolute Gasteiger partial charge is 0.245 e. The Morgan fingerprint density at radius 1 is 1.47 bits per heavy atom. The van der Waals surface area contributed by atoms with Crippen molar-refractivity contribution in [1.29, 1.82) is 0 Å². The maximum absolute atomic E-state index is 12.2. The molecule has 0 aromatic carbocycles. The molecule has 1 saturated heterocycles. The van der Waals surface area contributed by atoms with E-state index in [-0.39, 0.29) is 24.3 Å².